The Morgan fingerprint density at radius 1 is 1.61 bits per heavy atom. The fraction of sp³-hybridized carbons (Fsp3) is 0.615. The fourth-order valence-electron chi connectivity index (χ4n) is 2.24. The van der Waals surface area contributed by atoms with E-state index < -0.39 is 0 Å². The molecule has 18 heavy (non-hydrogen) atoms. The van der Waals surface area contributed by atoms with Crippen LogP contribution in [-0.2, 0) is 11.3 Å². The van der Waals surface area contributed by atoms with Gasteiger partial charge < -0.3 is 10.2 Å². The summed E-state index contributed by atoms with van der Waals surface area (Å²) in [6.07, 6.45) is 1.16. The Morgan fingerprint density at radius 3 is 3.06 bits per heavy atom. The summed E-state index contributed by atoms with van der Waals surface area (Å²) in [6.45, 7) is 3.20. The van der Waals surface area contributed by atoms with Crippen molar-refractivity contribution < 1.29 is 4.79 Å². The molecule has 1 N–H and O–H groups in total. The molecule has 1 amide bonds. The molecule has 0 saturated carbocycles. The van der Waals surface area contributed by atoms with Crippen molar-refractivity contribution in [3.63, 3.8) is 0 Å². The van der Waals surface area contributed by atoms with E-state index in [1.54, 1.807) is 11.3 Å². The fourth-order valence-corrected chi connectivity index (χ4v) is 2.88. The Morgan fingerprint density at radius 2 is 2.44 bits per heavy atom. The number of amides is 1. The van der Waals surface area contributed by atoms with E-state index in [1.807, 2.05) is 17.5 Å². The number of hydrogen-bond acceptors (Lipinski definition) is 4. The van der Waals surface area contributed by atoms with E-state index in [0.717, 1.165) is 19.5 Å². The highest BCUT2D eigenvalue weighted by molar-refractivity contribution is 7.09. The third kappa shape index (κ3) is 3.80. The summed E-state index contributed by atoms with van der Waals surface area (Å²) in [4.78, 5) is 17.5. The van der Waals surface area contributed by atoms with Crippen LogP contribution in [0.1, 0.15) is 11.3 Å². The lowest BCUT2D eigenvalue weighted by Crippen LogP contribution is -2.37. The van der Waals surface area contributed by atoms with Crippen molar-refractivity contribution in [1.29, 1.82) is 0 Å². The van der Waals surface area contributed by atoms with Crippen LogP contribution in [0.5, 0.6) is 0 Å². The zero-order chi connectivity index (χ0) is 13.0. The monoisotopic (exact) mass is 267 g/mol. The second kappa shape index (κ2) is 6.31. The molecule has 0 aliphatic carbocycles. The van der Waals surface area contributed by atoms with E-state index in [9.17, 15) is 4.79 Å². The standard InChI is InChI=1S/C13H21N3OS/c1-15(2)11-5-6-16(9-11)10-13(17)14-8-12-4-3-7-18-12/h3-4,7,11H,5-6,8-10H2,1-2H3,(H,14,17)/t11-/m1/s1. The molecule has 0 bridgehead atoms. The SMILES string of the molecule is CN(C)[C@@H]1CCN(CC(=O)NCc2cccs2)C1. The molecule has 1 atom stereocenters. The second-order valence-corrected chi connectivity index (χ2v) is 6.03. The molecule has 5 heteroatoms. The molecular weight excluding hydrogens is 246 g/mol. The van der Waals surface area contributed by atoms with Gasteiger partial charge in [-0.2, -0.15) is 0 Å². The number of nitrogens with one attached hydrogen (secondary N) is 1. The van der Waals surface area contributed by atoms with Crippen LogP contribution < -0.4 is 5.32 Å². The topological polar surface area (TPSA) is 35.6 Å². The van der Waals surface area contributed by atoms with Crippen LogP contribution in [0.2, 0.25) is 0 Å². The molecule has 1 fully saturated rings. The number of carbonyl (C=O) groups excluding carboxylic acids is 1. The van der Waals surface area contributed by atoms with E-state index >= 15 is 0 Å². The van der Waals surface area contributed by atoms with Gasteiger partial charge in [0.2, 0.25) is 5.91 Å². The van der Waals surface area contributed by atoms with E-state index in [1.165, 1.54) is 4.88 Å². The number of nitrogens with zero attached hydrogens (tertiary/aromatic N) is 2. The summed E-state index contributed by atoms with van der Waals surface area (Å²) < 4.78 is 0. The van der Waals surface area contributed by atoms with Crippen LogP contribution in [0, 0.1) is 0 Å². The summed E-state index contributed by atoms with van der Waals surface area (Å²) in [7, 11) is 4.20. The van der Waals surface area contributed by atoms with Gasteiger partial charge in [0, 0.05) is 24.0 Å². The number of likely N-dealkylation sites (N-methyl/N-ethyl adjacent to an activating group) is 1. The smallest absolute Gasteiger partial charge is 0.234 e. The van der Waals surface area contributed by atoms with Crippen molar-refractivity contribution in [2.45, 2.75) is 19.0 Å². The lowest BCUT2D eigenvalue weighted by Gasteiger charge is -2.19. The summed E-state index contributed by atoms with van der Waals surface area (Å²) in [5.41, 5.74) is 0. The van der Waals surface area contributed by atoms with Gasteiger partial charge in [-0.05, 0) is 32.0 Å². The minimum Gasteiger partial charge on any atom is -0.350 e. The summed E-state index contributed by atoms with van der Waals surface area (Å²) in [5, 5.41) is 5.00. The maximum absolute atomic E-state index is 11.8. The summed E-state index contributed by atoms with van der Waals surface area (Å²) >= 11 is 1.68. The molecule has 100 valence electrons. The first kappa shape index (κ1) is 13.5. The number of rotatable bonds is 5. The molecule has 1 aromatic rings. The van der Waals surface area contributed by atoms with Crippen molar-refractivity contribution in [3.8, 4) is 0 Å². The lowest BCUT2D eigenvalue weighted by atomic mass is 10.2. The highest BCUT2D eigenvalue weighted by Gasteiger charge is 2.24. The largest absolute Gasteiger partial charge is 0.350 e. The van der Waals surface area contributed by atoms with Gasteiger partial charge in [-0.1, -0.05) is 6.07 Å². The molecule has 1 aromatic heterocycles. The molecule has 0 radical (unpaired) electrons. The van der Waals surface area contributed by atoms with Gasteiger partial charge in [0.25, 0.3) is 0 Å². The van der Waals surface area contributed by atoms with Crippen molar-refractivity contribution in [1.82, 2.24) is 15.1 Å². The van der Waals surface area contributed by atoms with Crippen LogP contribution >= 0.6 is 11.3 Å². The van der Waals surface area contributed by atoms with E-state index in [4.69, 9.17) is 0 Å². The van der Waals surface area contributed by atoms with Gasteiger partial charge >= 0.3 is 0 Å². The van der Waals surface area contributed by atoms with Gasteiger partial charge in [-0.3, -0.25) is 9.69 Å². The molecule has 2 rings (SSSR count). The summed E-state index contributed by atoms with van der Waals surface area (Å²) in [6, 6.07) is 4.65. The highest BCUT2D eigenvalue weighted by Crippen LogP contribution is 2.12. The molecule has 1 aliphatic heterocycles. The highest BCUT2D eigenvalue weighted by atomic mass is 32.1. The summed E-state index contributed by atoms with van der Waals surface area (Å²) in [5.74, 6) is 0.128. The Hall–Kier alpha value is -0.910. The molecule has 1 aliphatic rings. The van der Waals surface area contributed by atoms with E-state index in [2.05, 4.69) is 29.2 Å². The predicted octanol–water partition coefficient (Wildman–Crippen LogP) is 1.00. The van der Waals surface area contributed by atoms with Crippen molar-refractivity contribution in [2.24, 2.45) is 0 Å². The number of hydrogen-bond donors (Lipinski definition) is 1. The second-order valence-electron chi connectivity index (χ2n) is 5.00. The normalized spacial score (nSPS) is 20.5. The van der Waals surface area contributed by atoms with Crippen LogP contribution in [0.3, 0.4) is 0 Å². The van der Waals surface area contributed by atoms with Crippen LogP contribution in [0.4, 0.5) is 0 Å². The van der Waals surface area contributed by atoms with Gasteiger partial charge in [-0.15, -0.1) is 11.3 Å². The van der Waals surface area contributed by atoms with E-state index in [-0.39, 0.29) is 5.91 Å². The lowest BCUT2D eigenvalue weighted by molar-refractivity contribution is -0.122. The number of carbonyl (C=O) groups is 1. The van der Waals surface area contributed by atoms with Crippen LogP contribution in [0.25, 0.3) is 0 Å². The van der Waals surface area contributed by atoms with Crippen LogP contribution in [-0.4, -0.2) is 55.5 Å². The molecule has 2 heterocycles. The Labute approximate surface area is 113 Å². The first-order chi connectivity index (χ1) is 8.65. The average molecular weight is 267 g/mol. The van der Waals surface area contributed by atoms with Crippen molar-refractivity contribution in [2.75, 3.05) is 33.7 Å². The average Bonchev–Trinajstić information content (AvgIpc) is 2.96. The van der Waals surface area contributed by atoms with Gasteiger partial charge in [0.1, 0.15) is 0 Å². The quantitative estimate of drug-likeness (QED) is 0.864. The Bertz CT molecular complexity index is 378. The van der Waals surface area contributed by atoms with Crippen LogP contribution in [0.15, 0.2) is 17.5 Å². The third-order valence-corrected chi connectivity index (χ3v) is 4.26. The number of likely N-dealkylation sites (tertiary alicyclic amines) is 1. The minimum atomic E-state index is 0.128. The zero-order valence-corrected chi connectivity index (χ0v) is 11.9. The van der Waals surface area contributed by atoms with Gasteiger partial charge in [0.15, 0.2) is 0 Å². The maximum atomic E-state index is 11.8. The first-order valence-electron chi connectivity index (χ1n) is 6.33. The number of thiophene rings is 1. The minimum absolute atomic E-state index is 0.128. The van der Waals surface area contributed by atoms with E-state index in [0.29, 0.717) is 19.1 Å². The zero-order valence-electron chi connectivity index (χ0n) is 11.1. The van der Waals surface area contributed by atoms with Crippen molar-refractivity contribution in [3.05, 3.63) is 22.4 Å². The van der Waals surface area contributed by atoms with Gasteiger partial charge in [-0.25, -0.2) is 0 Å². The molecule has 0 aromatic carbocycles. The Balaban J connectivity index is 1.69. The van der Waals surface area contributed by atoms with Gasteiger partial charge in [0.05, 0.1) is 13.1 Å². The predicted molar refractivity (Wildman–Crippen MR) is 74.7 cm³/mol. The van der Waals surface area contributed by atoms with Crippen molar-refractivity contribution >= 4 is 17.2 Å². The molecule has 0 unspecified atom stereocenters. The first-order valence-corrected chi connectivity index (χ1v) is 7.21. The molecular formula is C13H21N3OS. The molecule has 0 spiro atoms. The molecule has 1 saturated heterocycles. The Kier molecular flexibility index (Phi) is 4.74. The maximum Gasteiger partial charge on any atom is 0.234 e. The third-order valence-electron chi connectivity index (χ3n) is 3.38. The molecule has 4 nitrogen and oxygen atoms in total.